The molecule has 0 fully saturated rings. The van der Waals surface area contributed by atoms with Crippen molar-refractivity contribution in [2.24, 2.45) is 0 Å². The maximum Gasteiger partial charge on any atom is 0.270 e. The SMILES string of the molecule is Cc1cc(Br)c(S(=O)(=O)n2c(C)nc3ccccc32)cc1C. The Morgan fingerprint density at radius 1 is 1.05 bits per heavy atom. The summed E-state index contributed by atoms with van der Waals surface area (Å²) >= 11 is 3.38. The monoisotopic (exact) mass is 378 g/mol. The largest absolute Gasteiger partial charge is 0.270 e. The number of aromatic nitrogens is 2. The van der Waals surface area contributed by atoms with Gasteiger partial charge in [-0.25, -0.2) is 17.4 Å². The Balaban J connectivity index is 2.34. The van der Waals surface area contributed by atoms with Gasteiger partial charge in [0.25, 0.3) is 10.0 Å². The van der Waals surface area contributed by atoms with Crippen LogP contribution in [0, 0.1) is 20.8 Å². The number of benzene rings is 2. The molecule has 0 saturated carbocycles. The van der Waals surface area contributed by atoms with E-state index in [0.29, 0.717) is 21.3 Å². The summed E-state index contributed by atoms with van der Waals surface area (Å²) < 4.78 is 28.1. The molecule has 6 heteroatoms. The zero-order valence-electron chi connectivity index (χ0n) is 12.5. The van der Waals surface area contributed by atoms with E-state index >= 15 is 0 Å². The molecule has 0 spiro atoms. The number of nitrogens with zero attached hydrogens (tertiary/aromatic N) is 2. The minimum Gasteiger partial charge on any atom is -0.232 e. The summed E-state index contributed by atoms with van der Waals surface area (Å²) in [5.41, 5.74) is 3.23. The maximum atomic E-state index is 13.1. The van der Waals surface area contributed by atoms with Gasteiger partial charge in [0.15, 0.2) is 0 Å². The molecule has 1 aromatic heterocycles. The average Bonchev–Trinajstić information content (AvgIpc) is 2.79. The molecule has 3 rings (SSSR count). The number of hydrogen-bond acceptors (Lipinski definition) is 3. The van der Waals surface area contributed by atoms with Gasteiger partial charge >= 0.3 is 0 Å². The molecule has 0 radical (unpaired) electrons. The van der Waals surface area contributed by atoms with E-state index in [0.717, 1.165) is 11.1 Å². The highest BCUT2D eigenvalue weighted by molar-refractivity contribution is 9.10. The van der Waals surface area contributed by atoms with Gasteiger partial charge < -0.3 is 0 Å². The number of imidazole rings is 1. The van der Waals surface area contributed by atoms with Crippen LogP contribution in [0.2, 0.25) is 0 Å². The first-order valence-corrected chi connectivity index (χ1v) is 9.02. The lowest BCUT2D eigenvalue weighted by atomic mass is 10.1. The summed E-state index contributed by atoms with van der Waals surface area (Å²) in [6, 6.07) is 10.8. The van der Waals surface area contributed by atoms with E-state index in [4.69, 9.17) is 0 Å². The second-order valence-electron chi connectivity index (χ2n) is 5.28. The fourth-order valence-electron chi connectivity index (χ4n) is 2.48. The Bertz CT molecular complexity index is 991. The molecule has 0 aliphatic carbocycles. The molecule has 2 aromatic carbocycles. The van der Waals surface area contributed by atoms with Crippen LogP contribution >= 0.6 is 15.9 Å². The van der Waals surface area contributed by atoms with Crippen LogP contribution in [0.25, 0.3) is 11.0 Å². The molecule has 22 heavy (non-hydrogen) atoms. The van der Waals surface area contributed by atoms with Crippen LogP contribution in [0.3, 0.4) is 0 Å². The Morgan fingerprint density at radius 2 is 1.68 bits per heavy atom. The first-order valence-electron chi connectivity index (χ1n) is 6.79. The predicted molar refractivity (Wildman–Crippen MR) is 90.7 cm³/mol. The third-order valence-corrected chi connectivity index (χ3v) is 6.50. The summed E-state index contributed by atoms with van der Waals surface area (Å²) in [6.07, 6.45) is 0. The zero-order chi connectivity index (χ0) is 16.1. The minimum atomic E-state index is -3.72. The summed E-state index contributed by atoms with van der Waals surface area (Å²) in [6.45, 7) is 5.56. The van der Waals surface area contributed by atoms with E-state index in [2.05, 4.69) is 20.9 Å². The lowest BCUT2D eigenvalue weighted by molar-refractivity contribution is 0.587. The van der Waals surface area contributed by atoms with Crippen molar-refractivity contribution in [2.75, 3.05) is 0 Å². The smallest absolute Gasteiger partial charge is 0.232 e. The van der Waals surface area contributed by atoms with Gasteiger partial charge in [-0.1, -0.05) is 12.1 Å². The van der Waals surface area contributed by atoms with Crippen molar-refractivity contribution in [3.63, 3.8) is 0 Å². The second-order valence-corrected chi connectivity index (χ2v) is 7.89. The molecule has 0 aliphatic heterocycles. The second kappa shape index (κ2) is 5.21. The van der Waals surface area contributed by atoms with Crippen LogP contribution in [-0.4, -0.2) is 17.4 Å². The molecule has 114 valence electrons. The molecule has 0 bridgehead atoms. The third kappa shape index (κ3) is 2.27. The number of fused-ring (bicyclic) bond motifs is 1. The summed E-state index contributed by atoms with van der Waals surface area (Å²) in [7, 11) is -3.72. The van der Waals surface area contributed by atoms with E-state index in [1.165, 1.54) is 3.97 Å². The van der Waals surface area contributed by atoms with E-state index in [1.807, 2.05) is 38.1 Å². The van der Waals surface area contributed by atoms with Crippen LogP contribution < -0.4 is 0 Å². The molecule has 1 heterocycles. The molecular formula is C16H15BrN2O2S. The molecule has 0 atom stereocenters. The maximum absolute atomic E-state index is 13.1. The van der Waals surface area contributed by atoms with Gasteiger partial charge in [-0.15, -0.1) is 0 Å². The van der Waals surface area contributed by atoms with Gasteiger partial charge in [-0.3, -0.25) is 0 Å². The van der Waals surface area contributed by atoms with Gasteiger partial charge in [0.2, 0.25) is 0 Å². The Kier molecular flexibility index (Phi) is 3.61. The van der Waals surface area contributed by atoms with Crippen molar-refractivity contribution in [3.8, 4) is 0 Å². The molecule has 0 saturated heterocycles. The summed E-state index contributed by atoms with van der Waals surface area (Å²) in [5, 5.41) is 0. The molecule has 0 unspecified atom stereocenters. The molecular weight excluding hydrogens is 364 g/mol. The van der Waals surface area contributed by atoms with Gasteiger partial charge in [0, 0.05) is 4.47 Å². The summed E-state index contributed by atoms with van der Waals surface area (Å²) in [5.74, 6) is 0.450. The highest BCUT2D eigenvalue weighted by Crippen LogP contribution is 2.30. The third-order valence-electron chi connectivity index (χ3n) is 3.74. The fourth-order valence-corrected chi connectivity index (χ4v) is 5.18. The van der Waals surface area contributed by atoms with Gasteiger partial charge in [-0.2, -0.15) is 0 Å². The van der Waals surface area contributed by atoms with E-state index in [1.54, 1.807) is 19.1 Å². The first kappa shape index (κ1) is 15.2. The van der Waals surface area contributed by atoms with Crippen molar-refractivity contribution < 1.29 is 8.42 Å². The molecule has 0 amide bonds. The highest BCUT2D eigenvalue weighted by Gasteiger charge is 2.25. The Hall–Kier alpha value is -1.66. The number of halogens is 1. The van der Waals surface area contributed by atoms with E-state index in [-0.39, 0.29) is 4.90 Å². The highest BCUT2D eigenvalue weighted by atomic mass is 79.9. The van der Waals surface area contributed by atoms with Crippen LogP contribution in [0.1, 0.15) is 17.0 Å². The van der Waals surface area contributed by atoms with Crippen LogP contribution in [-0.2, 0) is 10.0 Å². The summed E-state index contributed by atoms with van der Waals surface area (Å²) in [4.78, 5) is 4.59. The van der Waals surface area contributed by atoms with Gasteiger partial charge in [0.05, 0.1) is 11.0 Å². The average molecular weight is 379 g/mol. The number of aryl methyl sites for hydroxylation is 3. The van der Waals surface area contributed by atoms with E-state index < -0.39 is 10.0 Å². The number of hydrogen-bond donors (Lipinski definition) is 0. The molecule has 4 nitrogen and oxygen atoms in total. The van der Waals surface area contributed by atoms with Crippen molar-refractivity contribution in [1.82, 2.24) is 8.96 Å². The molecule has 3 aromatic rings. The first-order chi connectivity index (χ1) is 10.3. The van der Waals surface area contributed by atoms with Crippen LogP contribution in [0.15, 0.2) is 45.8 Å². The normalized spacial score (nSPS) is 12.0. The van der Waals surface area contributed by atoms with Gasteiger partial charge in [-0.05, 0) is 72.1 Å². The Morgan fingerprint density at radius 3 is 2.41 bits per heavy atom. The minimum absolute atomic E-state index is 0.252. The van der Waals surface area contributed by atoms with Crippen molar-refractivity contribution in [3.05, 3.63) is 57.8 Å². The van der Waals surface area contributed by atoms with Gasteiger partial charge in [0.1, 0.15) is 10.7 Å². The number of para-hydroxylation sites is 2. The Labute approximate surface area is 138 Å². The topological polar surface area (TPSA) is 52.0 Å². The predicted octanol–water partition coefficient (Wildman–Crippen LogP) is 3.96. The lowest BCUT2D eigenvalue weighted by Crippen LogP contribution is -2.15. The van der Waals surface area contributed by atoms with Crippen LogP contribution in [0.5, 0.6) is 0 Å². The quantitative estimate of drug-likeness (QED) is 0.677. The zero-order valence-corrected chi connectivity index (χ0v) is 14.9. The molecule has 0 aliphatic rings. The van der Waals surface area contributed by atoms with E-state index in [9.17, 15) is 8.42 Å². The standard InChI is InChI=1S/C16H15BrN2O2S/c1-10-8-13(17)16(9-11(10)2)22(20,21)19-12(3)18-14-6-4-5-7-15(14)19/h4-9H,1-3H3. The fraction of sp³-hybridized carbons (Fsp3) is 0.188. The number of rotatable bonds is 2. The van der Waals surface area contributed by atoms with Crippen LogP contribution in [0.4, 0.5) is 0 Å². The lowest BCUT2D eigenvalue weighted by Gasteiger charge is -2.12. The molecule has 0 N–H and O–H groups in total. The van der Waals surface area contributed by atoms with Crippen molar-refractivity contribution in [2.45, 2.75) is 25.7 Å². The van der Waals surface area contributed by atoms with Crippen molar-refractivity contribution >= 4 is 37.0 Å². The van der Waals surface area contributed by atoms with Crippen molar-refractivity contribution in [1.29, 1.82) is 0 Å².